The zero-order valence-corrected chi connectivity index (χ0v) is 12.6. The van der Waals surface area contributed by atoms with Crippen LogP contribution in [-0.2, 0) is 9.53 Å². The van der Waals surface area contributed by atoms with Crippen molar-refractivity contribution in [3.05, 3.63) is 15.4 Å². The van der Waals surface area contributed by atoms with Crippen LogP contribution >= 0.6 is 31.9 Å². The van der Waals surface area contributed by atoms with Crippen LogP contribution in [0.15, 0.2) is 15.4 Å². The van der Waals surface area contributed by atoms with Gasteiger partial charge in [0, 0.05) is 13.2 Å². The molecule has 1 aliphatic rings. The summed E-state index contributed by atoms with van der Waals surface area (Å²) in [6.45, 7) is 0.994. The Morgan fingerprint density at radius 3 is 2.72 bits per heavy atom. The van der Waals surface area contributed by atoms with Crippen LogP contribution in [0.4, 0.5) is 5.82 Å². The van der Waals surface area contributed by atoms with E-state index in [1.165, 1.54) is 6.20 Å². The van der Waals surface area contributed by atoms with E-state index in [1.54, 1.807) is 0 Å². The molecule has 0 atom stereocenters. The van der Waals surface area contributed by atoms with E-state index in [9.17, 15) is 4.79 Å². The molecule has 2 rings (SSSR count). The Labute approximate surface area is 121 Å². The number of rotatable bonds is 2. The SMILES string of the molecule is NC1(C(=O)Nc2ncc(Br)nc2Br)CCOCC1. The Morgan fingerprint density at radius 1 is 1.44 bits per heavy atom. The number of hydrogen-bond donors (Lipinski definition) is 2. The molecule has 98 valence electrons. The Balaban J connectivity index is 2.11. The van der Waals surface area contributed by atoms with E-state index < -0.39 is 5.54 Å². The minimum Gasteiger partial charge on any atom is -0.381 e. The third kappa shape index (κ3) is 3.05. The number of nitrogens with one attached hydrogen (secondary N) is 1. The van der Waals surface area contributed by atoms with Crippen LogP contribution in [0, 0.1) is 0 Å². The summed E-state index contributed by atoms with van der Waals surface area (Å²) in [6, 6.07) is 0. The highest BCUT2D eigenvalue weighted by Gasteiger charge is 2.36. The summed E-state index contributed by atoms with van der Waals surface area (Å²) in [6.07, 6.45) is 2.51. The third-order valence-electron chi connectivity index (χ3n) is 2.77. The highest BCUT2D eigenvalue weighted by molar-refractivity contribution is 9.11. The first-order chi connectivity index (χ1) is 8.51. The molecule has 0 bridgehead atoms. The number of amides is 1. The van der Waals surface area contributed by atoms with E-state index in [1.807, 2.05) is 0 Å². The summed E-state index contributed by atoms with van der Waals surface area (Å²) < 4.78 is 6.24. The lowest BCUT2D eigenvalue weighted by atomic mass is 9.90. The van der Waals surface area contributed by atoms with Crippen molar-refractivity contribution >= 4 is 43.6 Å². The number of aromatic nitrogens is 2. The average molecular weight is 380 g/mol. The van der Waals surface area contributed by atoms with Gasteiger partial charge in [-0.3, -0.25) is 4.79 Å². The van der Waals surface area contributed by atoms with Gasteiger partial charge >= 0.3 is 0 Å². The molecule has 0 unspecified atom stereocenters. The predicted molar refractivity (Wildman–Crippen MR) is 73.0 cm³/mol. The van der Waals surface area contributed by atoms with Crippen molar-refractivity contribution in [1.29, 1.82) is 0 Å². The highest BCUT2D eigenvalue weighted by Crippen LogP contribution is 2.23. The minimum atomic E-state index is -0.896. The van der Waals surface area contributed by atoms with E-state index in [0.717, 1.165) is 0 Å². The van der Waals surface area contributed by atoms with Crippen LogP contribution < -0.4 is 11.1 Å². The summed E-state index contributed by atoms with van der Waals surface area (Å²) in [7, 11) is 0. The molecule has 8 heteroatoms. The third-order valence-corrected chi connectivity index (χ3v) is 3.70. The fraction of sp³-hybridized carbons (Fsp3) is 0.500. The number of nitrogens with zero attached hydrogens (tertiary/aromatic N) is 2. The van der Waals surface area contributed by atoms with Crippen LogP contribution in [0.5, 0.6) is 0 Å². The molecular formula is C10H12Br2N4O2. The molecule has 0 saturated carbocycles. The molecule has 1 aliphatic heterocycles. The van der Waals surface area contributed by atoms with E-state index in [4.69, 9.17) is 10.5 Å². The zero-order chi connectivity index (χ0) is 13.2. The first-order valence-corrected chi connectivity index (χ1v) is 6.96. The highest BCUT2D eigenvalue weighted by atomic mass is 79.9. The maximum absolute atomic E-state index is 12.1. The predicted octanol–water partition coefficient (Wildman–Crippen LogP) is 1.45. The Morgan fingerprint density at radius 2 is 2.11 bits per heavy atom. The Bertz CT molecular complexity index is 463. The summed E-state index contributed by atoms with van der Waals surface area (Å²) in [5, 5.41) is 2.69. The average Bonchev–Trinajstić information content (AvgIpc) is 2.33. The molecule has 1 aromatic rings. The molecule has 1 amide bonds. The van der Waals surface area contributed by atoms with E-state index in [0.29, 0.717) is 41.1 Å². The van der Waals surface area contributed by atoms with Crippen molar-refractivity contribution in [3.8, 4) is 0 Å². The molecule has 18 heavy (non-hydrogen) atoms. The topological polar surface area (TPSA) is 90.1 Å². The van der Waals surface area contributed by atoms with Crippen LogP contribution in [-0.4, -0.2) is 34.6 Å². The van der Waals surface area contributed by atoms with Crippen LogP contribution in [0.1, 0.15) is 12.8 Å². The summed E-state index contributed by atoms with van der Waals surface area (Å²) >= 11 is 6.43. The van der Waals surface area contributed by atoms with Gasteiger partial charge in [-0.15, -0.1) is 0 Å². The second-order valence-electron chi connectivity index (χ2n) is 4.05. The van der Waals surface area contributed by atoms with Crippen LogP contribution in [0.25, 0.3) is 0 Å². The van der Waals surface area contributed by atoms with Gasteiger partial charge in [0.05, 0.1) is 6.20 Å². The molecule has 1 aromatic heterocycles. The first kappa shape index (κ1) is 13.9. The molecule has 0 radical (unpaired) electrons. The standard InChI is InChI=1S/C10H12Br2N4O2/c11-6-5-14-8(7(12)15-6)16-9(17)10(13)1-3-18-4-2-10/h5H,1-4,13H2,(H,14,16,17). The lowest BCUT2D eigenvalue weighted by Gasteiger charge is -2.31. The maximum atomic E-state index is 12.1. The Hall–Kier alpha value is -0.570. The van der Waals surface area contributed by atoms with Crippen molar-refractivity contribution in [2.75, 3.05) is 18.5 Å². The second kappa shape index (κ2) is 5.60. The van der Waals surface area contributed by atoms with E-state index >= 15 is 0 Å². The first-order valence-electron chi connectivity index (χ1n) is 5.37. The Kier molecular flexibility index (Phi) is 4.31. The number of nitrogens with two attached hydrogens (primary N) is 1. The van der Waals surface area contributed by atoms with Gasteiger partial charge in [0.15, 0.2) is 5.82 Å². The summed E-state index contributed by atoms with van der Waals surface area (Å²) in [4.78, 5) is 20.3. The molecule has 2 heterocycles. The van der Waals surface area contributed by atoms with E-state index in [-0.39, 0.29) is 5.91 Å². The molecule has 0 aliphatic carbocycles. The molecule has 1 saturated heterocycles. The lowest BCUT2D eigenvalue weighted by molar-refractivity contribution is -0.124. The van der Waals surface area contributed by atoms with Crippen molar-refractivity contribution in [2.24, 2.45) is 5.73 Å². The van der Waals surface area contributed by atoms with Gasteiger partial charge in [0.2, 0.25) is 5.91 Å². The molecule has 0 spiro atoms. The van der Waals surface area contributed by atoms with Crippen LogP contribution in [0.2, 0.25) is 0 Å². The molecule has 6 nitrogen and oxygen atoms in total. The number of carbonyl (C=O) groups is 1. The second-order valence-corrected chi connectivity index (χ2v) is 5.62. The van der Waals surface area contributed by atoms with Crippen molar-refractivity contribution in [1.82, 2.24) is 9.97 Å². The monoisotopic (exact) mass is 378 g/mol. The van der Waals surface area contributed by atoms with Gasteiger partial charge in [-0.2, -0.15) is 0 Å². The minimum absolute atomic E-state index is 0.261. The van der Waals surface area contributed by atoms with Gasteiger partial charge < -0.3 is 15.8 Å². The number of ether oxygens (including phenoxy) is 1. The summed E-state index contributed by atoms with van der Waals surface area (Å²) in [5.41, 5.74) is 5.17. The largest absolute Gasteiger partial charge is 0.381 e. The van der Waals surface area contributed by atoms with Crippen LogP contribution in [0.3, 0.4) is 0 Å². The van der Waals surface area contributed by atoms with Gasteiger partial charge in [-0.25, -0.2) is 9.97 Å². The number of halogens is 2. The maximum Gasteiger partial charge on any atom is 0.245 e. The fourth-order valence-corrected chi connectivity index (χ4v) is 2.54. The van der Waals surface area contributed by atoms with Gasteiger partial charge in [-0.1, -0.05) is 0 Å². The quantitative estimate of drug-likeness (QED) is 0.811. The summed E-state index contributed by atoms with van der Waals surface area (Å²) in [5.74, 6) is 0.0997. The van der Waals surface area contributed by atoms with Crippen molar-refractivity contribution < 1.29 is 9.53 Å². The van der Waals surface area contributed by atoms with Gasteiger partial charge in [0.25, 0.3) is 0 Å². The number of anilines is 1. The molecular weight excluding hydrogens is 368 g/mol. The molecule has 0 aromatic carbocycles. The number of hydrogen-bond acceptors (Lipinski definition) is 5. The fourth-order valence-electron chi connectivity index (χ4n) is 1.63. The molecule has 1 fully saturated rings. The van der Waals surface area contributed by atoms with Crippen molar-refractivity contribution in [2.45, 2.75) is 18.4 Å². The van der Waals surface area contributed by atoms with Gasteiger partial charge in [-0.05, 0) is 44.7 Å². The van der Waals surface area contributed by atoms with Crippen molar-refractivity contribution in [3.63, 3.8) is 0 Å². The van der Waals surface area contributed by atoms with E-state index in [2.05, 4.69) is 47.1 Å². The lowest BCUT2D eigenvalue weighted by Crippen LogP contribution is -2.54. The van der Waals surface area contributed by atoms with Gasteiger partial charge in [0.1, 0.15) is 14.7 Å². The molecule has 3 N–H and O–H groups in total. The number of carbonyl (C=O) groups excluding carboxylic acids is 1. The zero-order valence-electron chi connectivity index (χ0n) is 9.45. The smallest absolute Gasteiger partial charge is 0.245 e. The normalized spacial score (nSPS) is 18.4.